The Morgan fingerprint density at radius 2 is 1.85 bits per heavy atom. The summed E-state index contributed by atoms with van der Waals surface area (Å²) in [5.74, 6) is 1.19. The third-order valence-electron chi connectivity index (χ3n) is 5.29. The standard InChI is InChI=1S/C25H23Cl2N3O3/c1-15-6-4-5-7-22(15)32-14-19-9-11-23(33-19)25(31)28-24-16(2)29-30(17(24)3)13-18-8-10-20(26)21(27)12-18/h4-12H,13-14H2,1-3H3,(H,28,31). The molecule has 0 saturated carbocycles. The number of carbonyl (C=O) groups is 1. The molecule has 0 bridgehead atoms. The number of hydrogen-bond donors (Lipinski definition) is 1. The van der Waals surface area contributed by atoms with E-state index in [4.69, 9.17) is 32.4 Å². The molecule has 0 spiro atoms. The van der Waals surface area contributed by atoms with Crippen LogP contribution in [0, 0.1) is 20.8 Å². The molecule has 4 rings (SSSR count). The van der Waals surface area contributed by atoms with Gasteiger partial charge >= 0.3 is 0 Å². The Balaban J connectivity index is 1.43. The van der Waals surface area contributed by atoms with Gasteiger partial charge in [-0.3, -0.25) is 9.48 Å². The second-order valence-electron chi connectivity index (χ2n) is 7.73. The van der Waals surface area contributed by atoms with Crippen LogP contribution in [0.25, 0.3) is 0 Å². The molecular weight excluding hydrogens is 461 g/mol. The predicted molar refractivity (Wildman–Crippen MR) is 129 cm³/mol. The molecule has 2 aromatic heterocycles. The summed E-state index contributed by atoms with van der Waals surface area (Å²) in [4.78, 5) is 12.8. The first-order valence-electron chi connectivity index (χ1n) is 10.4. The number of para-hydroxylation sites is 1. The average Bonchev–Trinajstić information content (AvgIpc) is 3.36. The largest absolute Gasteiger partial charge is 0.485 e. The Morgan fingerprint density at radius 3 is 2.61 bits per heavy atom. The first-order chi connectivity index (χ1) is 15.8. The van der Waals surface area contributed by atoms with Gasteiger partial charge in [0.2, 0.25) is 0 Å². The molecule has 2 aromatic carbocycles. The summed E-state index contributed by atoms with van der Waals surface area (Å²) in [7, 11) is 0. The summed E-state index contributed by atoms with van der Waals surface area (Å²) in [6.45, 7) is 6.45. The third-order valence-corrected chi connectivity index (χ3v) is 6.02. The predicted octanol–water partition coefficient (Wildman–Crippen LogP) is 6.59. The van der Waals surface area contributed by atoms with Gasteiger partial charge in [-0.15, -0.1) is 0 Å². The molecule has 0 radical (unpaired) electrons. The van der Waals surface area contributed by atoms with Crippen LogP contribution < -0.4 is 10.1 Å². The molecule has 1 amide bonds. The zero-order valence-corrected chi connectivity index (χ0v) is 20.0. The summed E-state index contributed by atoms with van der Waals surface area (Å²) >= 11 is 12.1. The Kier molecular flexibility index (Phi) is 6.77. The normalized spacial score (nSPS) is 10.9. The maximum absolute atomic E-state index is 12.8. The van der Waals surface area contributed by atoms with Crippen molar-refractivity contribution in [3.05, 3.63) is 98.7 Å². The lowest BCUT2D eigenvalue weighted by atomic mass is 10.2. The molecule has 0 aliphatic heterocycles. The number of rotatable bonds is 7. The quantitative estimate of drug-likeness (QED) is 0.321. The van der Waals surface area contributed by atoms with E-state index in [9.17, 15) is 4.79 Å². The van der Waals surface area contributed by atoms with E-state index in [0.717, 1.165) is 22.6 Å². The molecule has 0 unspecified atom stereocenters. The van der Waals surface area contributed by atoms with Crippen molar-refractivity contribution in [2.24, 2.45) is 0 Å². The molecular formula is C25H23Cl2N3O3. The van der Waals surface area contributed by atoms with E-state index in [2.05, 4.69) is 10.4 Å². The number of furan rings is 1. The van der Waals surface area contributed by atoms with Crippen molar-refractivity contribution >= 4 is 34.8 Å². The van der Waals surface area contributed by atoms with Crippen LogP contribution in [-0.4, -0.2) is 15.7 Å². The Hall–Kier alpha value is -3.22. The van der Waals surface area contributed by atoms with Gasteiger partial charge in [0.15, 0.2) is 5.76 Å². The first kappa shape index (κ1) is 23.0. The highest BCUT2D eigenvalue weighted by atomic mass is 35.5. The van der Waals surface area contributed by atoms with E-state index in [0.29, 0.717) is 33.7 Å². The van der Waals surface area contributed by atoms with Crippen molar-refractivity contribution in [1.29, 1.82) is 0 Å². The number of benzene rings is 2. The third kappa shape index (κ3) is 5.24. The molecule has 1 N–H and O–H groups in total. The number of hydrogen-bond acceptors (Lipinski definition) is 4. The van der Waals surface area contributed by atoms with E-state index < -0.39 is 0 Å². The molecule has 0 aliphatic rings. The van der Waals surface area contributed by atoms with Crippen LogP contribution in [0.5, 0.6) is 5.75 Å². The molecule has 0 fully saturated rings. The number of ether oxygens (including phenoxy) is 1. The maximum Gasteiger partial charge on any atom is 0.291 e. The van der Waals surface area contributed by atoms with Gasteiger partial charge in [0.1, 0.15) is 18.1 Å². The first-order valence-corrected chi connectivity index (χ1v) is 11.1. The zero-order chi connectivity index (χ0) is 23.5. The summed E-state index contributed by atoms with van der Waals surface area (Å²) in [5.41, 5.74) is 4.16. The summed E-state index contributed by atoms with van der Waals surface area (Å²) in [6.07, 6.45) is 0. The van der Waals surface area contributed by atoms with Gasteiger partial charge in [-0.25, -0.2) is 0 Å². The van der Waals surface area contributed by atoms with E-state index >= 15 is 0 Å². The van der Waals surface area contributed by atoms with Gasteiger partial charge in [-0.2, -0.15) is 5.10 Å². The molecule has 33 heavy (non-hydrogen) atoms. The van der Waals surface area contributed by atoms with E-state index in [1.54, 1.807) is 18.2 Å². The molecule has 8 heteroatoms. The highest BCUT2D eigenvalue weighted by Crippen LogP contribution is 2.26. The zero-order valence-electron chi connectivity index (χ0n) is 18.5. The number of nitrogens with zero attached hydrogens (tertiary/aromatic N) is 2. The second kappa shape index (κ2) is 9.73. The fourth-order valence-electron chi connectivity index (χ4n) is 3.46. The molecule has 0 aliphatic carbocycles. The van der Waals surface area contributed by atoms with Gasteiger partial charge in [0.25, 0.3) is 5.91 Å². The topological polar surface area (TPSA) is 69.3 Å². The summed E-state index contributed by atoms with van der Waals surface area (Å²) in [5, 5.41) is 8.46. The lowest BCUT2D eigenvalue weighted by Gasteiger charge is -2.08. The number of nitrogens with one attached hydrogen (secondary N) is 1. The van der Waals surface area contributed by atoms with Crippen LogP contribution in [0.2, 0.25) is 10.0 Å². The molecule has 0 atom stereocenters. The number of halogens is 2. The number of aromatic nitrogens is 2. The van der Waals surface area contributed by atoms with Crippen LogP contribution in [0.4, 0.5) is 5.69 Å². The highest BCUT2D eigenvalue weighted by Gasteiger charge is 2.18. The lowest BCUT2D eigenvalue weighted by Crippen LogP contribution is -2.12. The van der Waals surface area contributed by atoms with Crippen molar-refractivity contribution in [3.8, 4) is 5.75 Å². The highest BCUT2D eigenvalue weighted by molar-refractivity contribution is 6.42. The minimum absolute atomic E-state index is 0.203. The Bertz CT molecular complexity index is 1310. The lowest BCUT2D eigenvalue weighted by molar-refractivity contribution is 0.0992. The van der Waals surface area contributed by atoms with Crippen molar-refractivity contribution < 1.29 is 13.9 Å². The van der Waals surface area contributed by atoms with Gasteiger partial charge in [0, 0.05) is 0 Å². The number of anilines is 1. The van der Waals surface area contributed by atoms with E-state index in [-0.39, 0.29) is 18.3 Å². The smallest absolute Gasteiger partial charge is 0.291 e. The number of amides is 1. The SMILES string of the molecule is Cc1ccccc1OCc1ccc(C(=O)Nc2c(C)nn(Cc3ccc(Cl)c(Cl)c3)c2C)o1. The van der Waals surface area contributed by atoms with Gasteiger partial charge in [0.05, 0.1) is 33.7 Å². The van der Waals surface area contributed by atoms with E-state index in [1.165, 1.54) is 0 Å². The monoisotopic (exact) mass is 483 g/mol. The van der Waals surface area contributed by atoms with Crippen molar-refractivity contribution in [1.82, 2.24) is 9.78 Å². The molecule has 170 valence electrons. The minimum Gasteiger partial charge on any atom is -0.485 e. The van der Waals surface area contributed by atoms with E-state index in [1.807, 2.05) is 61.9 Å². The molecule has 2 heterocycles. The fraction of sp³-hybridized carbons (Fsp3) is 0.200. The van der Waals surface area contributed by atoms with Crippen molar-refractivity contribution in [2.75, 3.05) is 5.32 Å². The molecule has 0 saturated heterocycles. The van der Waals surface area contributed by atoms with Crippen LogP contribution in [0.15, 0.2) is 59.0 Å². The van der Waals surface area contributed by atoms with Gasteiger partial charge in [-0.05, 0) is 62.2 Å². The Labute approximate surface area is 202 Å². The molecule has 6 nitrogen and oxygen atoms in total. The van der Waals surface area contributed by atoms with Crippen LogP contribution >= 0.6 is 23.2 Å². The summed E-state index contributed by atoms with van der Waals surface area (Å²) < 4.78 is 13.3. The summed E-state index contributed by atoms with van der Waals surface area (Å²) in [6, 6.07) is 16.6. The van der Waals surface area contributed by atoms with Gasteiger partial charge < -0.3 is 14.5 Å². The second-order valence-corrected chi connectivity index (χ2v) is 8.54. The van der Waals surface area contributed by atoms with Crippen LogP contribution in [0.1, 0.15) is 38.8 Å². The fourth-order valence-corrected chi connectivity index (χ4v) is 3.78. The number of aryl methyl sites for hydroxylation is 2. The van der Waals surface area contributed by atoms with Crippen molar-refractivity contribution in [2.45, 2.75) is 33.9 Å². The van der Waals surface area contributed by atoms with Crippen molar-refractivity contribution in [3.63, 3.8) is 0 Å². The minimum atomic E-state index is -0.350. The Morgan fingerprint density at radius 1 is 1.06 bits per heavy atom. The van der Waals surface area contributed by atoms with Crippen LogP contribution in [0.3, 0.4) is 0 Å². The number of carbonyl (C=O) groups excluding carboxylic acids is 1. The van der Waals surface area contributed by atoms with Crippen LogP contribution in [-0.2, 0) is 13.2 Å². The maximum atomic E-state index is 12.8. The van der Waals surface area contributed by atoms with Gasteiger partial charge in [-0.1, -0.05) is 47.5 Å². The average molecular weight is 484 g/mol. The molecule has 4 aromatic rings.